The SMILES string of the molecule is O=C(Cc1cccc(C(F)(F)F)c1)NN1CCOCC1. The van der Waals surface area contributed by atoms with Crippen molar-refractivity contribution in [2.24, 2.45) is 0 Å². The number of amides is 1. The molecular weight excluding hydrogens is 273 g/mol. The molecule has 1 aliphatic heterocycles. The van der Waals surface area contributed by atoms with Gasteiger partial charge < -0.3 is 4.74 Å². The van der Waals surface area contributed by atoms with E-state index in [1.807, 2.05) is 0 Å². The highest BCUT2D eigenvalue weighted by molar-refractivity contribution is 5.78. The van der Waals surface area contributed by atoms with Gasteiger partial charge in [0.1, 0.15) is 0 Å². The second-order valence-corrected chi connectivity index (χ2v) is 4.51. The molecule has 1 aliphatic rings. The van der Waals surface area contributed by atoms with Crippen LogP contribution in [0, 0.1) is 0 Å². The van der Waals surface area contributed by atoms with Crippen LogP contribution in [-0.4, -0.2) is 37.2 Å². The first-order chi connectivity index (χ1) is 9.45. The van der Waals surface area contributed by atoms with Crippen molar-refractivity contribution in [3.05, 3.63) is 35.4 Å². The molecule has 0 unspecified atom stereocenters. The Hall–Kier alpha value is -1.60. The number of carbonyl (C=O) groups excluding carboxylic acids is 1. The van der Waals surface area contributed by atoms with Crippen LogP contribution >= 0.6 is 0 Å². The van der Waals surface area contributed by atoms with E-state index in [-0.39, 0.29) is 12.3 Å². The summed E-state index contributed by atoms with van der Waals surface area (Å²) in [6, 6.07) is 4.80. The normalized spacial score (nSPS) is 16.9. The number of nitrogens with one attached hydrogen (secondary N) is 1. The summed E-state index contributed by atoms with van der Waals surface area (Å²) in [6.07, 6.45) is -4.47. The maximum Gasteiger partial charge on any atom is 0.416 e. The fraction of sp³-hybridized carbons (Fsp3) is 0.462. The number of hydrogen-bond donors (Lipinski definition) is 1. The Bertz CT molecular complexity index is 471. The lowest BCUT2D eigenvalue weighted by molar-refractivity contribution is -0.137. The lowest BCUT2D eigenvalue weighted by atomic mass is 10.1. The number of rotatable bonds is 3. The Balaban J connectivity index is 1.93. The number of halogens is 3. The molecular formula is C13H15F3N2O2. The number of ether oxygens (including phenoxy) is 1. The molecule has 0 spiro atoms. The molecule has 1 heterocycles. The molecule has 20 heavy (non-hydrogen) atoms. The molecule has 1 amide bonds. The van der Waals surface area contributed by atoms with Gasteiger partial charge in [-0.3, -0.25) is 10.2 Å². The van der Waals surface area contributed by atoms with Crippen LogP contribution in [0.5, 0.6) is 0 Å². The van der Waals surface area contributed by atoms with Crippen LogP contribution in [-0.2, 0) is 22.1 Å². The minimum absolute atomic E-state index is 0.0821. The van der Waals surface area contributed by atoms with Gasteiger partial charge in [-0.1, -0.05) is 18.2 Å². The number of nitrogens with zero attached hydrogens (tertiary/aromatic N) is 1. The molecule has 7 heteroatoms. The summed E-state index contributed by atoms with van der Waals surface area (Å²) in [5.74, 6) is -0.328. The van der Waals surface area contributed by atoms with E-state index in [0.29, 0.717) is 31.9 Å². The highest BCUT2D eigenvalue weighted by atomic mass is 19.4. The topological polar surface area (TPSA) is 41.6 Å². The Kier molecular flexibility index (Phi) is 4.61. The molecule has 110 valence electrons. The number of morpholine rings is 1. The predicted molar refractivity (Wildman–Crippen MR) is 65.7 cm³/mol. The highest BCUT2D eigenvalue weighted by Crippen LogP contribution is 2.29. The average molecular weight is 288 g/mol. The van der Waals surface area contributed by atoms with Gasteiger partial charge in [-0.05, 0) is 11.6 Å². The molecule has 0 atom stereocenters. The molecule has 1 aromatic carbocycles. The lowest BCUT2D eigenvalue weighted by Crippen LogP contribution is -2.48. The monoisotopic (exact) mass is 288 g/mol. The Morgan fingerprint density at radius 3 is 2.65 bits per heavy atom. The summed E-state index contributed by atoms with van der Waals surface area (Å²) in [6.45, 7) is 2.22. The predicted octanol–water partition coefficient (Wildman–Crippen LogP) is 1.61. The molecule has 0 aromatic heterocycles. The van der Waals surface area contributed by atoms with Gasteiger partial charge >= 0.3 is 6.18 Å². The number of carbonyl (C=O) groups is 1. The van der Waals surface area contributed by atoms with Crippen molar-refractivity contribution in [3.8, 4) is 0 Å². The zero-order chi connectivity index (χ0) is 14.6. The summed E-state index contributed by atoms with van der Waals surface area (Å²) in [7, 11) is 0. The van der Waals surface area contributed by atoms with E-state index < -0.39 is 11.7 Å². The smallest absolute Gasteiger partial charge is 0.379 e. The number of hydrazine groups is 1. The van der Waals surface area contributed by atoms with Crippen molar-refractivity contribution in [2.75, 3.05) is 26.3 Å². The maximum atomic E-state index is 12.6. The summed E-state index contributed by atoms with van der Waals surface area (Å²) in [5.41, 5.74) is 2.26. The fourth-order valence-electron chi connectivity index (χ4n) is 1.93. The first-order valence-corrected chi connectivity index (χ1v) is 6.23. The van der Waals surface area contributed by atoms with Gasteiger partial charge in [-0.2, -0.15) is 13.2 Å². The third-order valence-electron chi connectivity index (χ3n) is 2.91. The minimum atomic E-state index is -4.39. The van der Waals surface area contributed by atoms with Crippen molar-refractivity contribution >= 4 is 5.91 Å². The van der Waals surface area contributed by atoms with E-state index in [2.05, 4.69) is 5.43 Å². The van der Waals surface area contributed by atoms with Gasteiger partial charge in [-0.25, -0.2) is 5.01 Å². The van der Waals surface area contributed by atoms with E-state index in [9.17, 15) is 18.0 Å². The molecule has 4 nitrogen and oxygen atoms in total. The van der Waals surface area contributed by atoms with E-state index in [1.165, 1.54) is 12.1 Å². The highest BCUT2D eigenvalue weighted by Gasteiger charge is 2.30. The van der Waals surface area contributed by atoms with Crippen LogP contribution in [0.15, 0.2) is 24.3 Å². The number of alkyl halides is 3. The molecule has 1 N–H and O–H groups in total. The minimum Gasteiger partial charge on any atom is -0.379 e. The van der Waals surface area contributed by atoms with Crippen LogP contribution in [0.4, 0.5) is 13.2 Å². The third kappa shape index (κ3) is 4.21. The molecule has 1 saturated heterocycles. The average Bonchev–Trinajstić information content (AvgIpc) is 2.39. The maximum absolute atomic E-state index is 12.6. The first kappa shape index (κ1) is 14.8. The van der Waals surface area contributed by atoms with E-state index in [0.717, 1.165) is 12.1 Å². The van der Waals surface area contributed by atoms with Crippen LogP contribution in [0.3, 0.4) is 0 Å². The summed E-state index contributed by atoms with van der Waals surface area (Å²) in [4.78, 5) is 11.8. The van der Waals surface area contributed by atoms with Crippen molar-refractivity contribution in [2.45, 2.75) is 12.6 Å². The van der Waals surface area contributed by atoms with E-state index in [4.69, 9.17) is 4.74 Å². The van der Waals surface area contributed by atoms with Crippen molar-refractivity contribution in [1.82, 2.24) is 10.4 Å². The Labute approximate surface area is 114 Å². The quantitative estimate of drug-likeness (QED) is 0.919. The molecule has 0 aliphatic carbocycles. The van der Waals surface area contributed by atoms with Crippen molar-refractivity contribution in [3.63, 3.8) is 0 Å². The molecule has 0 bridgehead atoms. The first-order valence-electron chi connectivity index (χ1n) is 6.23. The van der Waals surface area contributed by atoms with Gasteiger partial charge in [0.15, 0.2) is 0 Å². The van der Waals surface area contributed by atoms with Gasteiger partial charge in [0.05, 0.1) is 25.2 Å². The standard InChI is InChI=1S/C13H15F3N2O2/c14-13(15,16)11-3-1-2-10(8-11)9-12(19)17-18-4-6-20-7-5-18/h1-3,8H,4-7,9H2,(H,17,19). The number of benzene rings is 1. The van der Waals surface area contributed by atoms with Gasteiger partial charge in [0, 0.05) is 13.1 Å². The van der Waals surface area contributed by atoms with E-state index in [1.54, 1.807) is 5.01 Å². The molecule has 0 saturated carbocycles. The lowest BCUT2D eigenvalue weighted by Gasteiger charge is -2.26. The molecule has 1 aromatic rings. The van der Waals surface area contributed by atoms with Crippen LogP contribution in [0.2, 0.25) is 0 Å². The molecule has 2 rings (SSSR count). The molecule has 0 radical (unpaired) electrons. The van der Waals surface area contributed by atoms with E-state index >= 15 is 0 Å². The van der Waals surface area contributed by atoms with Gasteiger partial charge in [0.25, 0.3) is 0 Å². The zero-order valence-electron chi connectivity index (χ0n) is 10.7. The zero-order valence-corrected chi connectivity index (χ0v) is 10.7. The number of hydrogen-bond acceptors (Lipinski definition) is 3. The second kappa shape index (κ2) is 6.23. The van der Waals surface area contributed by atoms with Crippen LogP contribution in [0.25, 0.3) is 0 Å². The van der Waals surface area contributed by atoms with Gasteiger partial charge in [-0.15, -0.1) is 0 Å². The summed E-state index contributed by atoms with van der Waals surface area (Å²) in [5, 5.41) is 1.71. The summed E-state index contributed by atoms with van der Waals surface area (Å²) < 4.78 is 42.8. The van der Waals surface area contributed by atoms with Gasteiger partial charge in [0.2, 0.25) is 5.91 Å². The van der Waals surface area contributed by atoms with Crippen molar-refractivity contribution in [1.29, 1.82) is 0 Å². The Morgan fingerprint density at radius 1 is 1.30 bits per heavy atom. The third-order valence-corrected chi connectivity index (χ3v) is 2.91. The molecule has 1 fully saturated rings. The van der Waals surface area contributed by atoms with Crippen LogP contribution < -0.4 is 5.43 Å². The van der Waals surface area contributed by atoms with Crippen LogP contribution in [0.1, 0.15) is 11.1 Å². The summed E-state index contributed by atoms with van der Waals surface area (Å²) >= 11 is 0. The largest absolute Gasteiger partial charge is 0.416 e. The fourth-order valence-corrected chi connectivity index (χ4v) is 1.93. The van der Waals surface area contributed by atoms with Crippen molar-refractivity contribution < 1.29 is 22.7 Å². The second-order valence-electron chi connectivity index (χ2n) is 4.51. The Morgan fingerprint density at radius 2 is 2.00 bits per heavy atom.